The number of aromatic amines is 1. The van der Waals surface area contributed by atoms with Gasteiger partial charge in [-0.15, -0.1) is 0 Å². The molecule has 0 saturated carbocycles. The maximum atomic E-state index is 15.1. The van der Waals surface area contributed by atoms with Gasteiger partial charge in [0.25, 0.3) is 17.4 Å². The quantitative estimate of drug-likeness (QED) is 0.196. The molecule has 0 spiro atoms. The summed E-state index contributed by atoms with van der Waals surface area (Å²) in [4.78, 5) is 63.6. The number of carbonyl (C=O) groups is 3. The first-order valence-electron chi connectivity index (χ1n) is 20.9. The second-order valence-corrected chi connectivity index (χ2v) is 15.9. The number of piperidine rings is 2. The van der Waals surface area contributed by atoms with Gasteiger partial charge in [0.15, 0.2) is 11.5 Å². The first kappa shape index (κ1) is 40.9. The largest absolute Gasteiger partial charge is 0.375 e. The normalized spacial score (nSPS) is 17.0. The molecule has 3 amide bonds. The highest BCUT2D eigenvalue weighted by molar-refractivity contribution is 5.95. The Morgan fingerprint density at radius 3 is 2.12 bits per heavy atom. The number of benzene rings is 3. The van der Waals surface area contributed by atoms with E-state index in [1.165, 1.54) is 12.1 Å². The van der Waals surface area contributed by atoms with Crippen molar-refractivity contribution in [2.24, 2.45) is 0 Å². The van der Waals surface area contributed by atoms with Crippen molar-refractivity contribution in [3.63, 3.8) is 0 Å². The minimum Gasteiger partial charge on any atom is -0.375 e. The van der Waals surface area contributed by atoms with E-state index >= 15 is 8.78 Å². The Labute approximate surface area is 347 Å². The van der Waals surface area contributed by atoms with Gasteiger partial charge < -0.3 is 19.4 Å². The van der Waals surface area contributed by atoms with E-state index in [1.807, 2.05) is 36.4 Å². The van der Waals surface area contributed by atoms with Crippen LogP contribution in [0.1, 0.15) is 70.3 Å². The lowest BCUT2D eigenvalue weighted by Gasteiger charge is -2.38. The van der Waals surface area contributed by atoms with Gasteiger partial charge in [0.05, 0.1) is 35.4 Å². The third kappa shape index (κ3) is 9.14. The molecule has 14 heteroatoms. The summed E-state index contributed by atoms with van der Waals surface area (Å²) in [5.41, 5.74) is 3.48. The van der Waals surface area contributed by atoms with Gasteiger partial charge in [0.2, 0.25) is 5.91 Å². The number of hydrogen-bond donors (Lipinski definition) is 1. The minimum atomic E-state index is -0.622. The fourth-order valence-corrected chi connectivity index (χ4v) is 8.51. The molecule has 3 aromatic carbocycles. The predicted molar refractivity (Wildman–Crippen MR) is 223 cm³/mol. The Balaban J connectivity index is 0.757. The Hall–Kier alpha value is -5.86. The van der Waals surface area contributed by atoms with Crippen LogP contribution in [-0.4, -0.2) is 124 Å². The van der Waals surface area contributed by atoms with Crippen molar-refractivity contribution < 1.29 is 27.9 Å². The molecule has 0 unspecified atom stereocenters. The molecule has 8 rings (SSSR count). The summed E-state index contributed by atoms with van der Waals surface area (Å²) in [5.74, 6) is -2.07. The summed E-state index contributed by atoms with van der Waals surface area (Å²) in [5, 5.41) is 7.94. The zero-order chi connectivity index (χ0) is 41.8. The SMILES string of the molecule is CCc1cccc(-c2cnc(C(=O)N3CCC(OC4CCN(CC(=O)N5CCN(C(=O)c6cc(Cc7n[nH]c(=O)c8ccccc78)ccc6F)CC5)CC4)CC3)c(F)c2)c1. The van der Waals surface area contributed by atoms with Gasteiger partial charge in [-0.05, 0) is 73.1 Å². The van der Waals surface area contributed by atoms with Gasteiger partial charge in [-0.2, -0.15) is 5.10 Å². The molecule has 3 aliphatic heterocycles. The van der Waals surface area contributed by atoms with Gasteiger partial charge in [-0.25, -0.2) is 18.9 Å². The van der Waals surface area contributed by atoms with Crippen molar-refractivity contribution in [2.75, 3.05) is 58.9 Å². The van der Waals surface area contributed by atoms with Gasteiger partial charge in [0.1, 0.15) is 5.82 Å². The third-order valence-electron chi connectivity index (χ3n) is 12.0. The van der Waals surface area contributed by atoms with Crippen molar-refractivity contribution >= 4 is 28.5 Å². The maximum Gasteiger partial charge on any atom is 0.275 e. The van der Waals surface area contributed by atoms with E-state index in [1.54, 1.807) is 45.2 Å². The number of H-pyrrole nitrogens is 1. The van der Waals surface area contributed by atoms with Crippen molar-refractivity contribution in [3.8, 4) is 11.1 Å². The number of carbonyl (C=O) groups excluding carboxylic acids is 3. The highest BCUT2D eigenvalue weighted by Gasteiger charge is 2.32. The topological polar surface area (TPSA) is 132 Å². The smallest absolute Gasteiger partial charge is 0.275 e. The predicted octanol–water partition coefficient (Wildman–Crippen LogP) is 5.49. The zero-order valence-corrected chi connectivity index (χ0v) is 33.7. The lowest BCUT2D eigenvalue weighted by atomic mass is 10.0. The van der Waals surface area contributed by atoms with E-state index in [0.29, 0.717) is 86.1 Å². The Kier molecular flexibility index (Phi) is 12.4. The number of nitrogens with zero attached hydrogens (tertiary/aromatic N) is 6. The maximum absolute atomic E-state index is 15.1. The molecular weight excluding hydrogens is 769 g/mol. The van der Waals surface area contributed by atoms with E-state index < -0.39 is 23.4 Å². The molecule has 0 atom stereocenters. The molecule has 3 aliphatic rings. The van der Waals surface area contributed by atoms with Crippen LogP contribution in [0.25, 0.3) is 21.9 Å². The number of aromatic nitrogens is 3. The summed E-state index contributed by atoms with van der Waals surface area (Å²) in [6, 6.07) is 20.9. The Morgan fingerprint density at radius 2 is 1.40 bits per heavy atom. The standard InChI is InChI=1S/C46H49F2N7O5/c1-2-30-6-5-7-32(24-30)33-27-40(48)43(49-28-33)46(59)54-18-14-35(15-19-54)60-34-12-16-52(17-13-34)29-42(56)53-20-22-55(23-21-53)45(58)38-25-31(10-11-39(38)47)26-41-36-8-3-4-9-37(36)44(57)51-50-41/h3-11,24-25,27-28,34-35H,2,12-23,26,29H2,1H3,(H,51,57). The van der Waals surface area contributed by atoms with Crippen LogP contribution in [0.3, 0.4) is 0 Å². The highest BCUT2D eigenvalue weighted by atomic mass is 19.1. The molecule has 5 heterocycles. The summed E-state index contributed by atoms with van der Waals surface area (Å²) < 4.78 is 36.6. The summed E-state index contributed by atoms with van der Waals surface area (Å²) in [6.45, 7) is 6.03. The Morgan fingerprint density at radius 1 is 0.717 bits per heavy atom. The average molecular weight is 818 g/mol. The molecule has 2 aromatic heterocycles. The van der Waals surface area contributed by atoms with Gasteiger partial charge in [0, 0.05) is 75.9 Å². The van der Waals surface area contributed by atoms with Crippen LogP contribution in [0, 0.1) is 11.6 Å². The number of halogens is 2. The van der Waals surface area contributed by atoms with Gasteiger partial charge in [-0.3, -0.25) is 24.1 Å². The van der Waals surface area contributed by atoms with E-state index in [-0.39, 0.29) is 41.5 Å². The molecule has 0 bridgehead atoms. The van der Waals surface area contributed by atoms with E-state index in [0.717, 1.165) is 43.5 Å². The second kappa shape index (κ2) is 18.2. The second-order valence-electron chi connectivity index (χ2n) is 15.9. The van der Waals surface area contributed by atoms with Crippen LogP contribution in [0.15, 0.2) is 83.8 Å². The number of nitrogens with one attached hydrogen (secondary N) is 1. The number of amides is 3. The van der Waals surface area contributed by atoms with E-state index in [4.69, 9.17) is 4.74 Å². The van der Waals surface area contributed by atoms with Crippen LogP contribution in [0.2, 0.25) is 0 Å². The van der Waals surface area contributed by atoms with Crippen molar-refractivity contribution in [1.82, 2.24) is 34.8 Å². The fourth-order valence-electron chi connectivity index (χ4n) is 8.51. The monoisotopic (exact) mass is 817 g/mol. The van der Waals surface area contributed by atoms with E-state index in [2.05, 4.69) is 27.0 Å². The fraction of sp³-hybridized carbons (Fsp3) is 0.391. The highest BCUT2D eigenvalue weighted by Crippen LogP contribution is 2.26. The lowest BCUT2D eigenvalue weighted by molar-refractivity contribution is -0.135. The number of pyridine rings is 1. The molecule has 0 aliphatic carbocycles. The summed E-state index contributed by atoms with van der Waals surface area (Å²) >= 11 is 0. The minimum absolute atomic E-state index is 0.00116. The van der Waals surface area contributed by atoms with Crippen LogP contribution in [0.5, 0.6) is 0 Å². The van der Waals surface area contributed by atoms with Crippen LogP contribution >= 0.6 is 0 Å². The number of aryl methyl sites for hydroxylation is 1. The first-order chi connectivity index (χ1) is 29.1. The van der Waals surface area contributed by atoms with Crippen LogP contribution in [-0.2, 0) is 22.4 Å². The van der Waals surface area contributed by atoms with Gasteiger partial charge >= 0.3 is 0 Å². The van der Waals surface area contributed by atoms with E-state index in [9.17, 15) is 19.2 Å². The number of piperazine rings is 1. The third-order valence-corrected chi connectivity index (χ3v) is 12.0. The van der Waals surface area contributed by atoms with Crippen LogP contribution < -0.4 is 5.56 Å². The first-order valence-corrected chi connectivity index (χ1v) is 20.9. The van der Waals surface area contributed by atoms with Crippen molar-refractivity contribution in [3.05, 3.63) is 129 Å². The molecule has 5 aromatic rings. The number of fused-ring (bicyclic) bond motifs is 1. The van der Waals surface area contributed by atoms with Crippen molar-refractivity contribution in [2.45, 2.75) is 57.7 Å². The molecule has 0 radical (unpaired) electrons. The number of ether oxygens (including phenoxy) is 1. The van der Waals surface area contributed by atoms with Crippen LogP contribution in [0.4, 0.5) is 8.78 Å². The number of rotatable bonds is 10. The number of hydrogen-bond acceptors (Lipinski definition) is 8. The van der Waals surface area contributed by atoms with Crippen molar-refractivity contribution in [1.29, 1.82) is 0 Å². The zero-order valence-electron chi connectivity index (χ0n) is 33.7. The number of likely N-dealkylation sites (tertiary alicyclic amines) is 2. The Bertz CT molecular complexity index is 2440. The average Bonchev–Trinajstić information content (AvgIpc) is 3.28. The lowest BCUT2D eigenvalue weighted by Crippen LogP contribution is -2.53. The molecule has 60 heavy (non-hydrogen) atoms. The molecule has 12 nitrogen and oxygen atoms in total. The van der Waals surface area contributed by atoms with Gasteiger partial charge in [-0.1, -0.05) is 55.5 Å². The molecule has 312 valence electrons. The summed E-state index contributed by atoms with van der Waals surface area (Å²) in [7, 11) is 0. The molecular formula is C46H49F2N7O5. The molecule has 3 saturated heterocycles. The molecule has 1 N–H and O–H groups in total. The molecule has 3 fully saturated rings. The summed E-state index contributed by atoms with van der Waals surface area (Å²) in [6.07, 6.45) is 5.69.